The zero-order chi connectivity index (χ0) is 24.6. The molecule has 186 valence electrons. The molecule has 3 N–H and O–H groups in total. The second-order valence-corrected chi connectivity index (χ2v) is 8.56. The lowest BCUT2D eigenvalue weighted by Gasteiger charge is -2.20. The van der Waals surface area contributed by atoms with Crippen LogP contribution in [0.15, 0.2) is 29.3 Å². The van der Waals surface area contributed by atoms with Crippen molar-refractivity contribution in [1.29, 1.82) is 5.26 Å². The number of alkyl halides is 3. The van der Waals surface area contributed by atoms with Gasteiger partial charge in [-0.3, -0.25) is 4.79 Å². The predicted molar refractivity (Wildman–Crippen MR) is 130 cm³/mol. The van der Waals surface area contributed by atoms with Crippen molar-refractivity contribution in [3.05, 3.63) is 41.0 Å². The largest absolute Gasteiger partial charge is 0.416 e. The van der Waals surface area contributed by atoms with E-state index in [0.29, 0.717) is 17.9 Å². The number of hydrogen-bond donors (Lipinski definition) is 2. The van der Waals surface area contributed by atoms with Gasteiger partial charge in [-0.2, -0.15) is 23.4 Å². The molecule has 0 spiro atoms. The number of nitrogens with two attached hydrogens (primary N) is 1. The Bertz CT molecular complexity index is 1010. The number of unbranched alkanes of at least 4 members (excludes halogenated alkanes) is 1. The fourth-order valence-corrected chi connectivity index (χ4v) is 3.78. The number of nitriles is 1. The third kappa shape index (κ3) is 8.50. The monoisotopic (exact) mass is 496 g/mol. The summed E-state index contributed by atoms with van der Waals surface area (Å²) in [6.45, 7) is 0.828. The first-order valence-electron chi connectivity index (χ1n) is 10.3. The molecule has 7 nitrogen and oxygen atoms in total. The number of carbonyl (C=O) groups excluding carboxylic acids is 1. The minimum absolute atomic E-state index is 0. The summed E-state index contributed by atoms with van der Waals surface area (Å²) in [6.07, 6.45) is -0.986. The summed E-state index contributed by atoms with van der Waals surface area (Å²) in [7, 11) is 3.89. The number of hydrogen-bond acceptors (Lipinski definition) is 8. The highest BCUT2D eigenvalue weighted by molar-refractivity contribution is 7.98. The molecular formula is C23H31F3N6OS. The number of nitrogen functional groups attached to an aromatic ring is 1. The van der Waals surface area contributed by atoms with Gasteiger partial charge in [0, 0.05) is 6.42 Å². The van der Waals surface area contributed by atoms with Crippen molar-refractivity contribution in [3.63, 3.8) is 0 Å². The highest BCUT2D eigenvalue weighted by Gasteiger charge is 2.31. The van der Waals surface area contributed by atoms with Crippen molar-refractivity contribution >= 4 is 29.3 Å². The molecule has 0 bridgehead atoms. The average Bonchev–Trinajstić information content (AvgIpc) is 2.74. The SMILES string of the molecule is C.CSc1nc(N)nc(N[C@@H](CCCCN(C)C)C(=O)Cc2cccc(C(F)(F)F)c2)c1C#N. The first kappa shape index (κ1) is 29.2. The summed E-state index contributed by atoms with van der Waals surface area (Å²) >= 11 is 1.22. The molecule has 0 aliphatic heterocycles. The normalized spacial score (nSPS) is 12.1. The number of thioether (sulfide) groups is 1. The standard InChI is InChI=1S/C22H27F3N6OS.CH4/c1-31(2)10-5-4-9-17(28-19-16(13-26)20(33-3)30-21(27)29-19)18(32)12-14-7-6-8-15(11-14)22(23,24)25;/h6-8,11,17H,4-5,9-10,12H2,1-3H3,(H3,27,28,29,30);1H4/t17-;/m0./s1. The smallest absolute Gasteiger partial charge is 0.368 e. The van der Waals surface area contributed by atoms with E-state index < -0.39 is 17.8 Å². The van der Waals surface area contributed by atoms with Crippen LogP contribution >= 0.6 is 11.8 Å². The number of ketones is 1. The summed E-state index contributed by atoms with van der Waals surface area (Å²) < 4.78 is 39.2. The molecule has 2 aromatic rings. The van der Waals surface area contributed by atoms with Gasteiger partial charge in [0.15, 0.2) is 11.6 Å². The third-order valence-electron chi connectivity index (χ3n) is 4.88. The van der Waals surface area contributed by atoms with Crippen LogP contribution in [0.1, 0.15) is 43.4 Å². The Morgan fingerprint density at radius 1 is 1.29 bits per heavy atom. The highest BCUT2D eigenvalue weighted by atomic mass is 32.2. The van der Waals surface area contributed by atoms with E-state index in [0.717, 1.165) is 25.1 Å². The molecule has 0 saturated carbocycles. The zero-order valence-electron chi connectivity index (χ0n) is 18.7. The molecule has 2 rings (SSSR count). The molecule has 11 heteroatoms. The lowest BCUT2D eigenvalue weighted by molar-refractivity contribution is -0.137. The van der Waals surface area contributed by atoms with E-state index in [9.17, 15) is 23.2 Å². The number of aromatic nitrogens is 2. The number of Topliss-reactive ketones (excluding diaryl/α,β-unsaturated/α-hetero) is 1. The van der Waals surface area contributed by atoms with Crippen molar-refractivity contribution in [3.8, 4) is 6.07 Å². The Hall–Kier alpha value is -2.84. The number of nitrogens with one attached hydrogen (secondary N) is 1. The summed E-state index contributed by atoms with van der Waals surface area (Å²) in [5.74, 6) is -0.201. The van der Waals surface area contributed by atoms with Gasteiger partial charge in [-0.15, -0.1) is 11.8 Å². The molecule has 1 heterocycles. The van der Waals surface area contributed by atoms with Gasteiger partial charge in [-0.25, -0.2) is 4.98 Å². The van der Waals surface area contributed by atoms with Gasteiger partial charge in [0.2, 0.25) is 5.95 Å². The van der Waals surface area contributed by atoms with Gasteiger partial charge in [0.25, 0.3) is 0 Å². The fourth-order valence-electron chi connectivity index (χ4n) is 3.25. The molecule has 0 unspecified atom stereocenters. The second kappa shape index (κ2) is 13.2. The molecule has 34 heavy (non-hydrogen) atoms. The molecule has 1 atom stereocenters. The van der Waals surface area contributed by atoms with Crippen molar-refractivity contribution in [1.82, 2.24) is 14.9 Å². The predicted octanol–water partition coefficient (Wildman–Crippen LogP) is 4.63. The lowest BCUT2D eigenvalue weighted by Crippen LogP contribution is -2.32. The summed E-state index contributed by atoms with van der Waals surface area (Å²) in [5.41, 5.74) is 5.40. The van der Waals surface area contributed by atoms with Crippen molar-refractivity contribution in [2.24, 2.45) is 0 Å². The van der Waals surface area contributed by atoms with Crippen LogP contribution in [-0.2, 0) is 17.4 Å². The number of benzene rings is 1. The van der Waals surface area contributed by atoms with Crippen LogP contribution in [0.5, 0.6) is 0 Å². The zero-order valence-corrected chi connectivity index (χ0v) is 19.6. The van der Waals surface area contributed by atoms with Crippen LogP contribution in [0.25, 0.3) is 0 Å². The molecule has 0 saturated heterocycles. The Balaban J connectivity index is 0.00000578. The molecule has 1 aromatic carbocycles. The highest BCUT2D eigenvalue weighted by Crippen LogP contribution is 2.30. The van der Waals surface area contributed by atoms with E-state index >= 15 is 0 Å². The van der Waals surface area contributed by atoms with Crippen LogP contribution in [0.4, 0.5) is 24.9 Å². The van der Waals surface area contributed by atoms with Gasteiger partial charge in [-0.05, 0) is 57.8 Å². The summed E-state index contributed by atoms with van der Waals surface area (Å²) in [5, 5.41) is 13.0. The Labute approximate surface area is 203 Å². The topological polar surface area (TPSA) is 108 Å². The van der Waals surface area contributed by atoms with E-state index in [4.69, 9.17) is 5.73 Å². The minimum Gasteiger partial charge on any atom is -0.368 e. The van der Waals surface area contributed by atoms with E-state index in [-0.39, 0.29) is 42.5 Å². The van der Waals surface area contributed by atoms with Gasteiger partial charge in [-0.1, -0.05) is 25.6 Å². The van der Waals surface area contributed by atoms with Gasteiger partial charge >= 0.3 is 6.18 Å². The van der Waals surface area contributed by atoms with Crippen molar-refractivity contribution in [2.75, 3.05) is 37.9 Å². The van der Waals surface area contributed by atoms with E-state index in [1.165, 1.54) is 23.9 Å². The Morgan fingerprint density at radius 3 is 2.59 bits per heavy atom. The molecule has 1 aromatic heterocycles. The minimum atomic E-state index is -4.49. The van der Waals surface area contributed by atoms with E-state index in [2.05, 4.69) is 15.3 Å². The average molecular weight is 497 g/mol. The molecule has 0 fully saturated rings. The van der Waals surface area contributed by atoms with E-state index in [1.54, 1.807) is 6.26 Å². The number of halogens is 3. The van der Waals surface area contributed by atoms with Gasteiger partial charge in [0.1, 0.15) is 16.7 Å². The van der Waals surface area contributed by atoms with Gasteiger partial charge < -0.3 is 16.0 Å². The van der Waals surface area contributed by atoms with Crippen LogP contribution in [-0.4, -0.2) is 53.6 Å². The van der Waals surface area contributed by atoms with Crippen molar-refractivity contribution < 1.29 is 18.0 Å². The number of rotatable bonds is 11. The molecule has 0 amide bonds. The summed E-state index contributed by atoms with van der Waals surface area (Å²) in [6, 6.07) is 6.01. The lowest BCUT2D eigenvalue weighted by atomic mass is 9.98. The third-order valence-corrected chi connectivity index (χ3v) is 5.56. The second-order valence-electron chi connectivity index (χ2n) is 7.76. The van der Waals surface area contributed by atoms with Crippen LogP contribution in [0, 0.1) is 11.3 Å². The molecule has 0 aliphatic rings. The molecule has 0 radical (unpaired) electrons. The Morgan fingerprint density at radius 2 is 2.00 bits per heavy atom. The number of carbonyl (C=O) groups is 1. The number of anilines is 2. The van der Waals surface area contributed by atoms with Gasteiger partial charge in [0.05, 0.1) is 11.6 Å². The van der Waals surface area contributed by atoms with Crippen LogP contribution in [0.3, 0.4) is 0 Å². The van der Waals surface area contributed by atoms with E-state index in [1.807, 2.05) is 25.1 Å². The molecule has 0 aliphatic carbocycles. The first-order chi connectivity index (χ1) is 15.5. The fraction of sp³-hybridized carbons (Fsp3) is 0.478. The first-order valence-corrected chi connectivity index (χ1v) is 11.5. The maximum absolute atomic E-state index is 13.1. The number of nitrogens with zero attached hydrogens (tertiary/aromatic N) is 4. The maximum Gasteiger partial charge on any atom is 0.416 e. The molecular weight excluding hydrogens is 465 g/mol. The van der Waals surface area contributed by atoms with Crippen LogP contribution in [0.2, 0.25) is 0 Å². The summed E-state index contributed by atoms with van der Waals surface area (Å²) in [4.78, 5) is 23.3. The van der Waals surface area contributed by atoms with Crippen LogP contribution < -0.4 is 11.1 Å². The maximum atomic E-state index is 13.1. The quantitative estimate of drug-likeness (QED) is 0.263. The van der Waals surface area contributed by atoms with Crippen molar-refractivity contribution in [2.45, 2.75) is 50.4 Å². The Kier molecular flexibility index (Phi) is 11.3.